The van der Waals surface area contributed by atoms with Gasteiger partial charge >= 0.3 is 12.1 Å². The molecule has 1 unspecified atom stereocenters. The van der Waals surface area contributed by atoms with E-state index in [9.17, 15) is 9.59 Å². The predicted octanol–water partition coefficient (Wildman–Crippen LogP) is 2.05. The summed E-state index contributed by atoms with van der Waals surface area (Å²) in [5.74, 6) is -0.974. The molecule has 1 heterocycles. The maximum Gasteiger partial charge on any atom is 0.407 e. The molecule has 1 aromatic heterocycles. The van der Waals surface area contributed by atoms with Crippen LogP contribution in [0.5, 0.6) is 0 Å². The van der Waals surface area contributed by atoms with Crippen molar-refractivity contribution in [1.82, 2.24) is 10.3 Å². The SMILES string of the molecule is CC(C)(C)OC(=O)NC(CC(=O)O)Cc1nccs1. The highest BCUT2D eigenvalue weighted by Crippen LogP contribution is 2.11. The average Bonchev–Trinajstić information content (AvgIpc) is 2.65. The van der Waals surface area contributed by atoms with Crippen LogP contribution in [0.15, 0.2) is 11.6 Å². The van der Waals surface area contributed by atoms with Gasteiger partial charge in [0, 0.05) is 24.0 Å². The molecule has 106 valence electrons. The van der Waals surface area contributed by atoms with E-state index in [1.807, 2.05) is 0 Å². The molecule has 1 rings (SSSR count). The van der Waals surface area contributed by atoms with E-state index in [0.717, 1.165) is 5.01 Å². The normalized spacial score (nSPS) is 12.8. The van der Waals surface area contributed by atoms with E-state index < -0.39 is 23.7 Å². The van der Waals surface area contributed by atoms with Crippen LogP contribution in [-0.2, 0) is 16.0 Å². The van der Waals surface area contributed by atoms with E-state index in [0.29, 0.717) is 6.42 Å². The van der Waals surface area contributed by atoms with E-state index in [-0.39, 0.29) is 6.42 Å². The number of nitrogens with zero attached hydrogens (tertiary/aromatic N) is 1. The maximum atomic E-state index is 11.6. The van der Waals surface area contributed by atoms with Gasteiger partial charge in [-0.2, -0.15) is 0 Å². The standard InChI is InChI=1S/C12H18N2O4S/c1-12(2,3)18-11(17)14-8(7-10(15)16)6-9-13-4-5-19-9/h4-5,8H,6-7H2,1-3H3,(H,14,17)(H,15,16). The summed E-state index contributed by atoms with van der Waals surface area (Å²) in [5, 5.41) is 14.0. The Morgan fingerprint density at radius 1 is 1.53 bits per heavy atom. The first-order valence-corrected chi connectivity index (χ1v) is 6.74. The summed E-state index contributed by atoms with van der Waals surface area (Å²) >= 11 is 1.42. The van der Waals surface area contributed by atoms with E-state index in [2.05, 4.69) is 10.3 Å². The molecule has 0 aromatic carbocycles. The molecule has 0 aliphatic rings. The van der Waals surface area contributed by atoms with Crippen molar-refractivity contribution in [3.05, 3.63) is 16.6 Å². The van der Waals surface area contributed by atoms with Crippen LogP contribution in [0.2, 0.25) is 0 Å². The van der Waals surface area contributed by atoms with Gasteiger partial charge in [-0.15, -0.1) is 11.3 Å². The van der Waals surface area contributed by atoms with Crippen molar-refractivity contribution in [2.24, 2.45) is 0 Å². The summed E-state index contributed by atoms with van der Waals surface area (Å²) in [6.07, 6.45) is 1.24. The number of hydrogen-bond donors (Lipinski definition) is 2. The molecule has 0 spiro atoms. The number of carboxylic acid groups (broad SMARTS) is 1. The predicted molar refractivity (Wildman–Crippen MR) is 71.2 cm³/mol. The highest BCUT2D eigenvalue weighted by molar-refractivity contribution is 7.09. The van der Waals surface area contributed by atoms with Crippen molar-refractivity contribution in [1.29, 1.82) is 0 Å². The smallest absolute Gasteiger partial charge is 0.407 e. The molecular weight excluding hydrogens is 268 g/mol. The number of aromatic nitrogens is 1. The lowest BCUT2D eigenvalue weighted by molar-refractivity contribution is -0.137. The summed E-state index contributed by atoms with van der Waals surface area (Å²) in [6, 6.07) is -0.529. The molecule has 0 radical (unpaired) electrons. The zero-order valence-corrected chi connectivity index (χ0v) is 12.0. The van der Waals surface area contributed by atoms with Gasteiger partial charge in [-0.05, 0) is 20.8 Å². The van der Waals surface area contributed by atoms with Gasteiger partial charge in [0.1, 0.15) is 5.60 Å². The second-order valence-electron chi connectivity index (χ2n) is 5.07. The number of amides is 1. The fourth-order valence-corrected chi connectivity index (χ4v) is 2.12. The van der Waals surface area contributed by atoms with Crippen molar-refractivity contribution < 1.29 is 19.4 Å². The molecule has 1 aromatic rings. The first-order valence-electron chi connectivity index (χ1n) is 5.86. The Balaban J connectivity index is 2.59. The number of carbonyl (C=O) groups excluding carboxylic acids is 1. The van der Waals surface area contributed by atoms with Gasteiger partial charge in [0.2, 0.25) is 0 Å². The summed E-state index contributed by atoms with van der Waals surface area (Å²) < 4.78 is 5.11. The first-order chi connectivity index (χ1) is 8.76. The third-order valence-corrected chi connectivity index (χ3v) is 2.85. The molecule has 2 N–H and O–H groups in total. The van der Waals surface area contributed by atoms with E-state index >= 15 is 0 Å². The average molecular weight is 286 g/mol. The minimum absolute atomic E-state index is 0.168. The number of rotatable bonds is 5. The summed E-state index contributed by atoms with van der Waals surface area (Å²) in [5.41, 5.74) is -0.612. The van der Waals surface area contributed by atoms with Crippen LogP contribution in [0.25, 0.3) is 0 Å². The number of thiazole rings is 1. The minimum Gasteiger partial charge on any atom is -0.481 e. The molecule has 19 heavy (non-hydrogen) atoms. The highest BCUT2D eigenvalue weighted by atomic mass is 32.1. The van der Waals surface area contributed by atoms with Crippen molar-refractivity contribution in [2.45, 2.75) is 45.3 Å². The fourth-order valence-electron chi connectivity index (χ4n) is 1.42. The zero-order chi connectivity index (χ0) is 14.5. The molecule has 7 heteroatoms. The van der Waals surface area contributed by atoms with Gasteiger partial charge < -0.3 is 15.2 Å². The summed E-state index contributed by atoms with van der Waals surface area (Å²) in [7, 11) is 0. The summed E-state index contributed by atoms with van der Waals surface area (Å²) in [4.78, 5) is 26.5. The number of nitrogens with one attached hydrogen (secondary N) is 1. The minimum atomic E-state index is -0.974. The topological polar surface area (TPSA) is 88.5 Å². The Kier molecular flexibility index (Phi) is 5.29. The number of ether oxygens (including phenoxy) is 1. The lowest BCUT2D eigenvalue weighted by Crippen LogP contribution is -2.41. The Bertz CT molecular complexity index is 425. The van der Waals surface area contributed by atoms with Crippen molar-refractivity contribution >= 4 is 23.4 Å². The molecule has 0 aliphatic heterocycles. The third-order valence-electron chi connectivity index (χ3n) is 2.05. The number of aliphatic carboxylic acids is 1. The van der Waals surface area contributed by atoms with Gasteiger partial charge in [-0.25, -0.2) is 9.78 Å². The molecule has 1 atom stereocenters. The van der Waals surface area contributed by atoms with Crippen LogP contribution >= 0.6 is 11.3 Å². The van der Waals surface area contributed by atoms with Crippen LogP contribution in [0.3, 0.4) is 0 Å². The lowest BCUT2D eigenvalue weighted by Gasteiger charge is -2.22. The Morgan fingerprint density at radius 3 is 2.68 bits per heavy atom. The first kappa shape index (κ1) is 15.4. The molecule has 0 bridgehead atoms. The van der Waals surface area contributed by atoms with Gasteiger partial charge in [0.15, 0.2) is 0 Å². The molecule has 1 amide bonds. The van der Waals surface area contributed by atoms with Gasteiger partial charge in [-0.1, -0.05) is 0 Å². The van der Waals surface area contributed by atoms with E-state index in [1.165, 1.54) is 11.3 Å². The Morgan fingerprint density at radius 2 is 2.21 bits per heavy atom. The maximum absolute atomic E-state index is 11.6. The van der Waals surface area contributed by atoms with Gasteiger partial charge in [0.25, 0.3) is 0 Å². The zero-order valence-electron chi connectivity index (χ0n) is 11.2. The Labute approximate surface area is 115 Å². The van der Waals surface area contributed by atoms with Crippen LogP contribution in [0.4, 0.5) is 4.79 Å². The largest absolute Gasteiger partial charge is 0.481 e. The quantitative estimate of drug-likeness (QED) is 0.865. The van der Waals surface area contributed by atoms with E-state index in [4.69, 9.17) is 9.84 Å². The van der Waals surface area contributed by atoms with Crippen molar-refractivity contribution in [3.63, 3.8) is 0 Å². The van der Waals surface area contributed by atoms with Gasteiger partial charge in [0.05, 0.1) is 11.4 Å². The van der Waals surface area contributed by atoms with E-state index in [1.54, 1.807) is 32.3 Å². The molecule has 0 saturated carbocycles. The third kappa shape index (κ3) is 6.76. The molecule has 6 nitrogen and oxygen atoms in total. The van der Waals surface area contributed by atoms with Crippen LogP contribution < -0.4 is 5.32 Å². The number of hydrogen-bond acceptors (Lipinski definition) is 5. The second-order valence-corrected chi connectivity index (χ2v) is 6.05. The number of carboxylic acids is 1. The second kappa shape index (κ2) is 6.51. The van der Waals surface area contributed by atoms with Gasteiger partial charge in [-0.3, -0.25) is 4.79 Å². The lowest BCUT2D eigenvalue weighted by atomic mass is 10.1. The molecular formula is C12H18N2O4S. The Hall–Kier alpha value is -1.63. The summed E-state index contributed by atoms with van der Waals surface area (Å²) in [6.45, 7) is 5.25. The molecule has 0 saturated heterocycles. The van der Waals surface area contributed by atoms with Crippen LogP contribution in [0.1, 0.15) is 32.2 Å². The fraction of sp³-hybridized carbons (Fsp3) is 0.583. The molecule has 0 aliphatic carbocycles. The van der Waals surface area contributed by atoms with Crippen molar-refractivity contribution in [2.75, 3.05) is 0 Å². The van der Waals surface area contributed by atoms with Crippen LogP contribution in [0, 0.1) is 0 Å². The monoisotopic (exact) mass is 286 g/mol. The number of alkyl carbamates (subject to hydrolysis) is 1. The molecule has 0 fully saturated rings. The van der Waals surface area contributed by atoms with Crippen molar-refractivity contribution in [3.8, 4) is 0 Å². The highest BCUT2D eigenvalue weighted by Gasteiger charge is 2.22. The number of carbonyl (C=O) groups is 2. The van der Waals surface area contributed by atoms with Crippen LogP contribution in [-0.4, -0.2) is 33.8 Å².